The molecule has 2 aromatic heterocycles. The molecule has 1 fully saturated rings. The van der Waals surface area contributed by atoms with Crippen LogP contribution in [0, 0.1) is 0 Å². The van der Waals surface area contributed by atoms with Gasteiger partial charge in [-0.15, -0.1) is 11.8 Å². The molecule has 3 amide bonds. The first-order valence-corrected chi connectivity index (χ1v) is 14.0. The Bertz CT molecular complexity index is 1400. The Morgan fingerprint density at radius 2 is 2.00 bits per heavy atom. The standard InChI is InChI=1S/C24H28N8O6S2/c1-5-38-29-14(17-27-23(25)40-30-17)19(34)26-15-20(35)32-16(22(36)37)13(11-39-21(15)32)10-31-8-6-12(7-9-31)18(33)28-24(2,3)4/h6-9,15,21H,5,10-11H2,1-4H3,(H4-,25,26,27,28,30,33,34,36,37)/t15?,21-/m1/s1. The first-order chi connectivity index (χ1) is 18.9. The number of carboxylic acids is 1. The zero-order valence-corrected chi connectivity index (χ0v) is 23.8. The predicted octanol–water partition coefficient (Wildman–Crippen LogP) is -1.22. The number of nitrogens with two attached hydrogens (primary N) is 1. The van der Waals surface area contributed by atoms with E-state index in [-0.39, 0.29) is 47.2 Å². The molecular weight excluding hydrogens is 560 g/mol. The van der Waals surface area contributed by atoms with Gasteiger partial charge in [0.25, 0.3) is 17.7 Å². The molecule has 1 unspecified atom stereocenters. The topological polar surface area (TPSA) is 196 Å². The van der Waals surface area contributed by atoms with Crippen LogP contribution in [0.4, 0.5) is 5.13 Å². The van der Waals surface area contributed by atoms with E-state index in [4.69, 9.17) is 10.6 Å². The fourth-order valence-corrected chi connectivity index (χ4v) is 5.76. The zero-order chi connectivity index (χ0) is 29.2. The van der Waals surface area contributed by atoms with E-state index >= 15 is 0 Å². The number of nitrogens with zero attached hydrogens (tertiary/aromatic N) is 5. The van der Waals surface area contributed by atoms with Gasteiger partial charge in [0.15, 0.2) is 24.1 Å². The van der Waals surface area contributed by atoms with Crippen molar-refractivity contribution in [2.24, 2.45) is 5.16 Å². The van der Waals surface area contributed by atoms with Crippen molar-refractivity contribution >= 4 is 57.8 Å². The second-order valence-corrected chi connectivity index (χ2v) is 11.8. The Hall–Kier alpha value is -4.05. The van der Waals surface area contributed by atoms with E-state index in [0.717, 1.165) is 16.4 Å². The van der Waals surface area contributed by atoms with Gasteiger partial charge in [0.05, 0.1) is 17.2 Å². The van der Waals surface area contributed by atoms with Gasteiger partial charge in [0, 0.05) is 40.5 Å². The molecule has 4 rings (SSSR count). The van der Waals surface area contributed by atoms with E-state index in [0.29, 0.717) is 11.1 Å². The molecule has 0 radical (unpaired) electrons. The van der Waals surface area contributed by atoms with Gasteiger partial charge in [-0.3, -0.25) is 19.3 Å². The Labute approximate surface area is 237 Å². The fourth-order valence-electron chi connectivity index (χ4n) is 3.99. The predicted molar refractivity (Wildman–Crippen MR) is 143 cm³/mol. The molecule has 0 aromatic carbocycles. The molecule has 0 saturated carbocycles. The maximum Gasteiger partial charge on any atom is 0.278 e. The first kappa shape index (κ1) is 28.9. The summed E-state index contributed by atoms with van der Waals surface area (Å²) in [4.78, 5) is 60.6. The minimum atomic E-state index is -1.50. The Morgan fingerprint density at radius 1 is 1.30 bits per heavy atom. The van der Waals surface area contributed by atoms with Crippen molar-refractivity contribution in [3.8, 4) is 0 Å². The van der Waals surface area contributed by atoms with Crippen LogP contribution in [-0.4, -0.2) is 73.0 Å². The Kier molecular flexibility index (Phi) is 8.39. The van der Waals surface area contributed by atoms with Gasteiger partial charge in [-0.2, -0.15) is 9.36 Å². The average Bonchev–Trinajstić information content (AvgIpc) is 3.32. The number of fused-ring (bicyclic) bond motifs is 1. The minimum absolute atomic E-state index is 0.0510. The molecule has 2 aromatic rings. The van der Waals surface area contributed by atoms with Crippen molar-refractivity contribution in [3.63, 3.8) is 0 Å². The van der Waals surface area contributed by atoms with E-state index < -0.39 is 34.7 Å². The lowest BCUT2D eigenvalue weighted by atomic mass is 10.0. The molecule has 16 heteroatoms. The van der Waals surface area contributed by atoms with Crippen molar-refractivity contribution in [2.75, 3.05) is 18.1 Å². The summed E-state index contributed by atoms with van der Waals surface area (Å²) in [5.41, 5.74) is 5.64. The number of carbonyl (C=O) groups excluding carboxylic acids is 4. The number of hydrogen-bond acceptors (Lipinski definition) is 12. The normalized spacial score (nSPS) is 19.1. The maximum atomic E-state index is 13.1. The quantitative estimate of drug-likeness (QED) is 0.138. The fraction of sp³-hybridized carbons (Fsp3) is 0.417. The van der Waals surface area contributed by atoms with Crippen molar-refractivity contribution in [3.05, 3.63) is 47.2 Å². The lowest BCUT2D eigenvalue weighted by Crippen LogP contribution is -2.71. The van der Waals surface area contributed by atoms with Crippen molar-refractivity contribution < 1.29 is 33.7 Å². The SMILES string of the molecule is CCON=C(C(=O)NC1C(=O)N2C(C(=O)[O-])=C(C[n+]3ccc(C(=O)NC(C)(C)C)cc3)CS[C@H]12)c1nsc(N)n1. The van der Waals surface area contributed by atoms with Crippen LogP contribution in [0.5, 0.6) is 0 Å². The van der Waals surface area contributed by atoms with E-state index in [9.17, 15) is 24.3 Å². The summed E-state index contributed by atoms with van der Waals surface area (Å²) in [7, 11) is 0. The number of anilines is 1. The number of pyridine rings is 1. The van der Waals surface area contributed by atoms with E-state index in [1.165, 1.54) is 11.8 Å². The second-order valence-electron chi connectivity index (χ2n) is 9.88. The highest BCUT2D eigenvalue weighted by Gasteiger charge is 2.53. The maximum absolute atomic E-state index is 13.1. The summed E-state index contributed by atoms with van der Waals surface area (Å²) in [6, 6.07) is 2.25. The zero-order valence-electron chi connectivity index (χ0n) is 22.2. The highest BCUT2D eigenvalue weighted by Crippen LogP contribution is 2.40. The van der Waals surface area contributed by atoms with Crippen LogP contribution in [0.15, 0.2) is 41.0 Å². The number of nitrogens with one attached hydrogen (secondary N) is 2. The largest absolute Gasteiger partial charge is 0.543 e. The van der Waals surface area contributed by atoms with Crippen LogP contribution in [0.3, 0.4) is 0 Å². The number of amides is 3. The number of rotatable bonds is 9. The number of carboxylic acid groups (broad SMARTS) is 1. The van der Waals surface area contributed by atoms with Crippen molar-refractivity contribution in [1.29, 1.82) is 0 Å². The number of nitrogen functional groups attached to an aromatic ring is 1. The third-order valence-electron chi connectivity index (χ3n) is 5.70. The number of β-lactam (4-membered cyclic amide) rings is 1. The van der Waals surface area contributed by atoms with Gasteiger partial charge in [-0.05, 0) is 27.7 Å². The van der Waals surface area contributed by atoms with Gasteiger partial charge in [0.1, 0.15) is 18.0 Å². The highest BCUT2D eigenvalue weighted by molar-refractivity contribution is 8.00. The molecule has 4 heterocycles. The molecular formula is C24H28N8O6S2. The van der Waals surface area contributed by atoms with Gasteiger partial charge < -0.3 is 31.1 Å². The smallest absolute Gasteiger partial charge is 0.278 e. The van der Waals surface area contributed by atoms with Crippen LogP contribution in [-0.2, 0) is 25.8 Å². The van der Waals surface area contributed by atoms with E-state index in [1.807, 2.05) is 20.8 Å². The third kappa shape index (κ3) is 6.22. The molecule has 1 saturated heterocycles. The van der Waals surface area contributed by atoms with Crippen LogP contribution >= 0.6 is 23.3 Å². The van der Waals surface area contributed by atoms with Crippen molar-refractivity contribution in [1.82, 2.24) is 24.9 Å². The summed E-state index contributed by atoms with van der Waals surface area (Å²) < 4.78 is 5.68. The third-order valence-corrected chi connectivity index (χ3v) is 7.58. The van der Waals surface area contributed by atoms with Crippen LogP contribution < -0.4 is 26.0 Å². The Morgan fingerprint density at radius 3 is 2.58 bits per heavy atom. The summed E-state index contributed by atoms with van der Waals surface area (Å²) in [5.74, 6) is -2.88. The molecule has 4 N–H and O–H groups in total. The summed E-state index contributed by atoms with van der Waals surface area (Å²) in [6.45, 7) is 7.65. The Balaban J connectivity index is 1.49. The monoisotopic (exact) mass is 588 g/mol. The first-order valence-electron chi connectivity index (χ1n) is 12.2. The van der Waals surface area contributed by atoms with Crippen LogP contribution in [0.1, 0.15) is 43.9 Å². The number of aromatic nitrogens is 3. The molecule has 0 bridgehead atoms. The molecule has 14 nitrogen and oxygen atoms in total. The van der Waals surface area contributed by atoms with Crippen molar-refractivity contribution in [2.45, 2.75) is 51.2 Å². The number of oxime groups is 1. The molecule has 0 aliphatic carbocycles. The molecule has 2 atom stereocenters. The van der Waals surface area contributed by atoms with E-state index in [1.54, 1.807) is 36.0 Å². The van der Waals surface area contributed by atoms with Crippen LogP contribution in [0.25, 0.3) is 0 Å². The summed E-state index contributed by atoms with van der Waals surface area (Å²) >= 11 is 2.17. The lowest BCUT2D eigenvalue weighted by molar-refractivity contribution is -0.689. The number of aliphatic carboxylic acids is 1. The average molecular weight is 589 g/mol. The summed E-state index contributed by atoms with van der Waals surface area (Å²) in [6.07, 6.45) is 3.32. The number of carbonyl (C=O) groups is 4. The van der Waals surface area contributed by atoms with E-state index in [2.05, 4.69) is 25.1 Å². The minimum Gasteiger partial charge on any atom is -0.543 e. The molecule has 2 aliphatic rings. The van der Waals surface area contributed by atoms with Crippen LogP contribution in [0.2, 0.25) is 0 Å². The van der Waals surface area contributed by atoms with Gasteiger partial charge in [0.2, 0.25) is 11.5 Å². The molecule has 0 spiro atoms. The second kappa shape index (κ2) is 11.6. The van der Waals surface area contributed by atoms with Gasteiger partial charge in [-0.25, -0.2) is 4.57 Å². The van der Waals surface area contributed by atoms with Gasteiger partial charge in [-0.1, -0.05) is 5.16 Å². The lowest BCUT2D eigenvalue weighted by Gasteiger charge is -2.50. The highest BCUT2D eigenvalue weighted by atomic mass is 32.2. The number of hydrogen-bond donors (Lipinski definition) is 3. The molecule has 212 valence electrons. The molecule has 40 heavy (non-hydrogen) atoms. The number of thioether (sulfide) groups is 1. The summed E-state index contributed by atoms with van der Waals surface area (Å²) in [5, 5.41) is 20.8. The van der Waals surface area contributed by atoms with Gasteiger partial charge >= 0.3 is 0 Å². The molecule has 2 aliphatic heterocycles.